The number of hydrogen-bond acceptors (Lipinski definition) is 5. The van der Waals surface area contributed by atoms with Crippen molar-refractivity contribution in [1.82, 2.24) is 9.78 Å². The van der Waals surface area contributed by atoms with E-state index in [-0.39, 0.29) is 24.0 Å². The highest BCUT2D eigenvalue weighted by Crippen LogP contribution is 2.33. The average molecular weight is 335 g/mol. The first-order valence-corrected chi connectivity index (χ1v) is 8.89. The molecule has 7 nitrogen and oxygen atoms in total. The van der Waals surface area contributed by atoms with E-state index >= 15 is 0 Å². The first kappa shape index (κ1) is 15.7. The summed E-state index contributed by atoms with van der Waals surface area (Å²) in [7, 11) is -1.78. The monoisotopic (exact) mass is 335 g/mol. The van der Waals surface area contributed by atoms with E-state index < -0.39 is 9.84 Å². The van der Waals surface area contributed by atoms with Crippen LogP contribution < -0.4 is 5.32 Å². The molecule has 0 unspecified atom stereocenters. The molecule has 0 fully saturated rings. The van der Waals surface area contributed by atoms with Crippen molar-refractivity contribution in [2.45, 2.75) is 18.4 Å². The van der Waals surface area contributed by atoms with Gasteiger partial charge in [-0.2, -0.15) is 5.10 Å². The molecule has 23 heavy (non-hydrogen) atoms. The molecular formula is C15H17N3O4S. The summed E-state index contributed by atoms with van der Waals surface area (Å²) in [6, 6.07) is 7.61. The van der Waals surface area contributed by atoms with Gasteiger partial charge in [-0.3, -0.25) is 4.79 Å². The molecule has 0 saturated carbocycles. The molecule has 1 N–H and O–H groups in total. The second-order valence-electron chi connectivity index (χ2n) is 5.54. The van der Waals surface area contributed by atoms with Gasteiger partial charge in [-0.05, 0) is 24.6 Å². The van der Waals surface area contributed by atoms with E-state index in [4.69, 9.17) is 4.74 Å². The van der Waals surface area contributed by atoms with E-state index in [2.05, 4.69) is 10.4 Å². The van der Waals surface area contributed by atoms with E-state index in [1.54, 1.807) is 4.68 Å². The van der Waals surface area contributed by atoms with Crippen molar-refractivity contribution in [3.8, 4) is 5.69 Å². The van der Waals surface area contributed by atoms with Crippen LogP contribution in [0.5, 0.6) is 0 Å². The van der Waals surface area contributed by atoms with Gasteiger partial charge in [0.05, 0.1) is 22.9 Å². The summed E-state index contributed by atoms with van der Waals surface area (Å²) in [5.41, 5.74) is 2.85. The van der Waals surface area contributed by atoms with Crippen LogP contribution in [0.25, 0.3) is 5.69 Å². The maximum absolute atomic E-state index is 11.9. The summed E-state index contributed by atoms with van der Waals surface area (Å²) in [6.07, 6.45) is 0. The van der Waals surface area contributed by atoms with Crippen molar-refractivity contribution in [3.63, 3.8) is 0 Å². The van der Waals surface area contributed by atoms with E-state index in [1.807, 2.05) is 31.2 Å². The Labute approximate surface area is 134 Å². The van der Waals surface area contributed by atoms with Crippen molar-refractivity contribution in [2.24, 2.45) is 0 Å². The zero-order valence-corrected chi connectivity index (χ0v) is 13.7. The second-order valence-corrected chi connectivity index (χ2v) is 7.60. The van der Waals surface area contributed by atoms with Gasteiger partial charge in [0.2, 0.25) is 0 Å². The van der Waals surface area contributed by atoms with Crippen molar-refractivity contribution in [1.29, 1.82) is 0 Å². The predicted molar refractivity (Wildman–Crippen MR) is 85.1 cm³/mol. The molecule has 0 aliphatic carbocycles. The molecule has 3 rings (SSSR count). The number of rotatable bonds is 4. The van der Waals surface area contributed by atoms with Gasteiger partial charge in [-0.25, -0.2) is 13.1 Å². The number of amides is 1. The molecule has 0 saturated heterocycles. The quantitative estimate of drug-likeness (QED) is 0.906. The normalized spacial score (nSPS) is 15.4. The number of hydrogen-bond donors (Lipinski definition) is 1. The molecule has 2 heterocycles. The van der Waals surface area contributed by atoms with E-state index in [1.165, 1.54) is 7.11 Å². The number of nitrogens with zero attached hydrogens (tertiary/aromatic N) is 2. The molecule has 122 valence electrons. The molecule has 1 amide bonds. The lowest BCUT2D eigenvalue weighted by Crippen LogP contribution is -2.20. The maximum atomic E-state index is 11.9. The predicted octanol–water partition coefficient (Wildman–Crippen LogP) is 1.19. The van der Waals surface area contributed by atoms with Crippen LogP contribution in [0.1, 0.15) is 16.8 Å². The van der Waals surface area contributed by atoms with Crippen LogP contribution in [0.4, 0.5) is 5.82 Å². The zero-order valence-electron chi connectivity index (χ0n) is 12.9. The van der Waals surface area contributed by atoms with Crippen LogP contribution in [0.3, 0.4) is 0 Å². The number of benzene rings is 1. The SMILES string of the molecule is COCC(=O)Nc1c2c(nn1-c1cccc(C)c1)CS(=O)(=O)C2. The lowest BCUT2D eigenvalue weighted by Gasteiger charge is -2.11. The number of fused-ring (bicyclic) bond motifs is 1. The fraction of sp³-hybridized carbons (Fsp3) is 0.333. The van der Waals surface area contributed by atoms with Crippen LogP contribution in [-0.2, 0) is 30.9 Å². The maximum Gasteiger partial charge on any atom is 0.251 e. The fourth-order valence-electron chi connectivity index (χ4n) is 2.62. The van der Waals surface area contributed by atoms with E-state index in [0.29, 0.717) is 17.1 Å². The topological polar surface area (TPSA) is 90.3 Å². The molecule has 1 aliphatic rings. The number of carbonyl (C=O) groups excluding carboxylic acids is 1. The second kappa shape index (κ2) is 5.78. The van der Waals surface area contributed by atoms with Gasteiger partial charge in [0, 0.05) is 12.7 Å². The summed E-state index contributed by atoms with van der Waals surface area (Å²) < 4.78 is 30.1. The Kier molecular flexibility index (Phi) is 3.95. The Morgan fingerprint density at radius 2 is 2.17 bits per heavy atom. The zero-order chi connectivity index (χ0) is 16.6. The van der Waals surface area contributed by atoms with Crippen LogP contribution >= 0.6 is 0 Å². The Morgan fingerprint density at radius 3 is 2.87 bits per heavy atom. The first-order valence-electron chi connectivity index (χ1n) is 7.06. The Bertz CT molecular complexity index is 871. The molecule has 1 aromatic carbocycles. The number of ether oxygens (including phenoxy) is 1. The summed E-state index contributed by atoms with van der Waals surface area (Å²) in [5.74, 6) is -0.174. The summed E-state index contributed by atoms with van der Waals surface area (Å²) in [6.45, 7) is 1.84. The number of aromatic nitrogens is 2. The van der Waals surface area contributed by atoms with E-state index in [0.717, 1.165) is 11.3 Å². The van der Waals surface area contributed by atoms with Crippen molar-refractivity contribution in [2.75, 3.05) is 19.0 Å². The van der Waals surface area contributed by atoms with Gasteiger partial charge < -0.3 is 10.1 Å². The molecule has 0 bridgehead atoms. The molecule has 1 aliphatic heterocycles. The third kappa shape index (κ3) is 3.13. The third-order valence-electron chi connectivity index (χ3n) is 3.57. The standard InChI is InChI=1S/C15H17N3O4S/c1-10-4-3-5-11(6-10)18-15(16-14(19)7-22-2)12-8-23(20,21)9-13(12)17-18/h3-6H,7-9H2,1-2H3,(H,16,19). The van der Waals surface area contributed by atoms with Gasteiger partial charge in [0.25, 0.3) is 5.91 Å². The minimum atomic E-state index is -3.20. The van der Waals surface area contributed by atoms with Gasteiger partial charge in [0.1, 0.15) is 12.4 Å². The Morgan fingerprint density at radius 1 is 1.39 bits per heavy atom. The van der Waals surface area contributed by atoms with Crippen LogP contribution in [0.2, 0.25) is 0 Å². The van der Waals surface area contributed by atoms with Crippen molar-refractivity contribution >= 4 is 21.6 Å². The van der Waals surface area contributed by atoms with Crippen molar-refractivity contribution < 1.29 is 17.9 Å². The Hall–Kier alpha value is -2.19. The van der Waals surface area contributed by atoms with Crippen LogP contribution in [-0.4, -0.2) is 37.8 Å². The highest BCUT2D eigenvalue weighted by molar-refractivity contribution is 7.90. The molecule has 0 spiro atoms. The van der Waals surface area contributed by atoms with Crippen LogP contribution in [0, 0.1) is 6.92 Å². The summed E-state index contributed by atoms with van der Waals surface area (Å²) in [5, 5.41) is 7.11. The first-order chi connectivity index (χ1) is 10.9. The van der Waals surface area contributed by atoms with E-state index in [9.17, 15) is 13.2 Å². The molecule has 1 aromatic heterocycles. The van der Waals surface area contributed by atoms with Gasteiger partial charge in [-0.1, -0.05) is 12.1 Å². The van der Waals surface area contributed by atoms with Gasteiger partial charge in [-0.15, -0.1) is 0 Å². The smallest absolute Gasteiger partial charge is 0.251 e. The van der Waals surface area contributed by atoms with Gasteiger partial charge in [0.15, 0.2) is 9.84 Å². The number of aryl methyl sites for hydroxylation is 1. The third-order valence-corrected chi connectivity index (χ3v) is 5.01. The number of anilines is 1. The lowest BCUT2D eigenvalue weighted by atomic mass is 10.2. The number of methoxy groups -OCH3 is 1. The minimum Gasteiger partial charge on any atom is -0.375 e. The molecular weight excluding hydrogens is 318 g/mol. The highest BCUT2D eigenvalue weighted by atomic mass is 32.2. The number of carbonyl (C=O) groups is 1. The van der Waals surface area contributed by atoms with Gasteiger partial charge >= 0.3 is 0 Å². The van der Waals surface area contributed by atoms with Crippen molar-refractivity contribution in [3.05, 3.63) is 41.1 Å². The highest BCUT2D eigenvalue weighted by Gasteiger charge is 2.33. The molecule has 2 aromatic rings. The summed E-state index contributed by atoms with van der Waals surface area (Å²) >= 11 is 0. The molecule has 8 heteroatoms. The summed E-state index contributed by atoms with van der Waals surface area (Å²) in [4.78, 5) is 11.9. The molecule has 0 radical (unpaired) electrons. The minimum absolute atomic E-state index is 0.103. The van der Waals surface area contributed by atoms with Crippen LogP contribution in [0.15, 0.2) is 24.3 Å². The number of nitrogens with one attached hydrogen (secondary N) is 1. The fourth-order valence-corrected chi connectivity index (χ4v) is 4.11. The molecule has 0 atom stereocenters. The largest absolute Gasteiger partial charge is 0.375 e. The average Bonchev–Trinajstić information content (AvgIpc) is 2.92. The lowest BCUT2D eigenvalue weighted by molar-refractivity contribution is -0.119. The Balaban J connectivity index is 2.08. The number of sulfone groups is 1.